The minimum atomic E-state index is -0.0967. The van der Waals surface area contributed by atoms with Crippen molar-refractivity contribution in [2.75, 3.05) is 33.2 Å². The van der Waals surface area contributed by atoms with Gasteiger partial charge in [0.1, 0.15) is 0 Å². The van der Waals surface area contributed by atoms with E-state index in [1.165, 1.54) is 0 Å². The van der Waals surface area contributed by atoms with Gasteiger partial charge in [-0.05, 0) is 19.9 Å². The highest BCUT2D eigenvalue weighted by Crippen LogP contribution is 2.02. The number of hydrogen-bond acceptors (Lipinski definition) is 3. The van der Waals surface area contributed by atoms with Crippen LogP contribution < -0.4 is 10.6 Å². The highest BCUT2D eigenvalue weighted by atomic mass is 16.2. The van der Waals surface area contributed by atoms with Crippen LogP contribution in [0.5, 0.6) is 0 Å². The first kappa shape index (κ1) is 16.9. The minimum absolute atomic E-state index is 0.0397. The van der Waals surface area contributed by atoms with Gasteiger partial charge in [0.25, 0.3) is 0 Å². The zero-order valence-electron chi connectivity index (χ0n) is 12.1. The van der Waals surface area contributed by atoms with Crippen molar-refractivity contribution >= 4 is 11.8 Å². The maximum Gasteiger partial charge on any atom is 0.239 e. The predicted octanol–water partition coefficient (Wildman–Crippen LogP) is 0.607. The maximum atomic E-state index is 12.1. The summed E-state index contributed by atoms with van der Waals surface area (Å²) in [5.74, 6) is -0.131. The Morgan fingerprint density at radius 1 is 1.22 bits per heavy atom. The van der Waals surface area contributed by atoms with Crippen molar-refractivity contribution in [3.63, 3.8) is 0 Å². The lowest BCUT2D eigenvalue weighted by Crippen LogP contribution is -2.44. The standard InChI is InChI=1S/C13H27N3O2/c1-5-7-15-12(17)10-16(8-6-2)13(18)11(3)9-14-4/h11,14H,5-10H2,1-4H3,(H,15,17). The van der Waals surface area contributed by atoms with E-state index in [0.29, 0.717) is 19.6 Å². The molecule has 18 heavy (non-hydrogen) atoms. The molecule has 1 unspecified atom stereocenters. The smallest absolute Gasteiger partial charge is 0.239 e. The Hall–Kier alpha value is -1.10. The van der Waals surface area contributed by atoms with Crippen LogP contribution in [0.1, 0.15) is 33.6 Å². The Kier molecular flexibility index (Phi) is 9.28. The molecule has 2 amide bonds. The van der Waals surface area contributed by atoms with Gasteiger partial charge in [0.2, 0.25) is 11.8 Å². The largest absolute Gasteiger partial charge is 0.355 e. The summed E-state index contributed by atoms with van der Waals surface area (Å²) in [6.45, 7) is 7.99. The van der Waals surface area contributed by atoms with E-state index in [-0.39, 0.29) is 24.3 Å². The lowest BCUT2D eigenvalue weighted by atomic mass is 10.1. The molecular weight excluding hydrogens is 230 g/mol. The van der Waals surface area contributed by atoms with Crippen LogP contribution in [-0.4, -0.2) is 49.9 Å². The SMILES string of the molecule is CCCNC(=O)CN(CCC)C(=O)C(C)CNC. The normalized spacial score (nSPS) is 12.0. The molecule has 0 aliphatic rings. The maximum absolute atomic E-state index is 12.1. The third kappa shape index (κ3) is 6.59. The first-order chi connectivity index (χ1) is 8.56. The van der Waals surface area contributed by atoms with Crippen LogP contribution in [0, 0.1) is 5.92 Å². The summed E-state index contributed by atoms with van der Waals surface area (Å²) in [7, 11) is 1.82. The Balaban J connectivity index is 4.36. The number of carbonyl (C=O) groups excluding carboxylic acids is 2. The monoisotopic (exact) mass is 257 g/mol. The molecular formula is C13H27N3O2. The number of carbonyl (C=O) groups is 2. The van der Waals surface area contributed by atoms with E-state index in [1.54, 1.807) is 4.90 Å². The van der Waals surface area contributed by atoms with Crippen molar-refractivity contribution in [2.24, 2.45) is 5.92 Å². The number of rotatable bonds is 9. The number of nitrogens with zero attached hydrogens (tertiary/aromatic N) is 1. The summed E-state index contributed by atoms with van der Waals surface area (Å²) in [6.07, 6.45) is 1.77. The highest BCUT2D eigenvalue weighted by molar-refractivity contribution is 5.85. The van der Waals surface area contributed by atoms with Crippen LogP contribution in [0.15, 0.2) is 0 Å². The van der Waals surface area contributed by atoms with Crippen LogP contribution in [0.25, 0.3) is 0 Å². The third-order valence-corrected chi connectivity index (χ3v) is 2.64. The summed E-state index contributed by atoms with van der Waals surface area (Å²) in [4.78, 5) is 25.4. The molecule has 106 valence electrons. The van der Waals surface area contributed by atoms with Gasteiger partial charge in [0, 0.05) is 25.6 Å². The number of amides is 2. The van der Waals surface area contributed by atoms with Gasteiger partial charge in [-0.2, -0.15) is 0 Å². The van der Waals surface area contributed by atoms with Gasteiger partial charge < -0.3 is 15.5 Å². The Labute approximate surface area is 110 Å². The summed E-state index contributed by atoms with van der Waals surface area (Å²) in [5.41, 5.74) is 0. The van der Waals surface area contributed by atoms with Crippen LogP contribution in [0.2, 0.25) is 0 Å². The zero-order valence-corrected chi connectivity index (χ0v) is 12.1. The fraction of sp³-hybridized carbons (Fsp3) is 0.846. The van der Waals surface area contributed by atoms with E-state index < -0.39 is 0 Å². The van der Waals surface area contributed by atoms with Crippen LogP contribution in [0.3, 0.4) is 0 Å². The molecule has 0 bridgehead atoms. The van der Waals surface area contributed by atoms with Crippen molar-refractivity contribution in [3.05, 3.63) is 0 Å². The zero-order chi connectivity index (χ0) is 14.0. The number of nitrogens with one attached hydrogen (secondary N) is 2. The Morgan fingerprint density at radius 3 is 2.39 bits per heavy atom. The molecule has 0 aliphatic carbocycles. The van der Waals surface area contributed by atoms with Gasteiger partial charge in [-0.15, -0.1) is 0 Å². The molecule has 0 rings (SSSR count). The van der Waals surface area contributed by atoms with E-state index in [4.69, 9.17) is 0 Å². The molecule has 0 aromatic heterocycles. The molecule has 0 saturated carbocycles. The molecule has 0 aromatic carbocycles. The predicted molar refractivity (Wildman–Crippen MR) is 73.3 cm³/mol. The first-order valence-electron chi connectivity index (χ1n) is 6.76. The molecule has 0 aromatic rings. The lowest BCUT2D eigenvalue weighted by Gasteiger charge is -2.24. The molecule has 0 spiro atoms. The molecule has 0 heterocycles. The fourth-order valence-electron chi connectivity index (χ4n) is 1.74. The quantitative estimate of drug-likeness (QED) is 0.636. The molecule has 1 atom stereocenters. The van der Waals surface area contributed by atoms with Crippen LogP contribution in [0.4, 0.5) is 0 Å². The Bertz CT molecular complexity index is 257. The first-order valence-corrected chi connectivity index (χ1v) is 6.76. The summed E-state index contributed by atoms with van der Waals surface area (Å²) < 4.78 is 0. The minimum Gasteiger partial charge on any atom is -0.355 e. The van der Waals surface area contributed by atoms with Crippen LogP contribution in [-0.2, 0) is 9.59 Å². The van der Waals surface area contributed by atoms with Crippen molar-refractivity contribution < 1.29 is 9.59 Å². The molecule has 0 aliphatic heterocycles. The second kappa shape index (κ2) is 9.88. The summed E-state index contributed by atoms with van der Waals surface area (Å²) in [5, 5.41) is 5.78. The van der Waals surface area contributed by atoms with E-state index in [2.05, 4.69) is 10.6 Å². The van der Waals surface area contributed by atoms with Gasteiger partial charge in [-0.1, -0.05) is 20.8 Å². The fourth-order valence-corrected chi connectivity index (χ4v) is 1.74. The van der Waals surface area contributed by atoms with E-state index in [1.807, 2.05) is 27.8 Å². The molecule has 5 heteroatoms. The van der Waals surface area contributed by atoms with Crippen molar-refractivity contribution in [1.29, 1.82) is 0 Å². The number of hydrogen-bond donors (Lipinski definition) is 2. The summed E-state index contributed by atoms with van der Waals surface area (Å²) >= 11 is 0. The average Bonchev–Trinajstić information content (AvgIpc) is 2.35. The van der Waals surface area contributed by atoms with Crippen molar-refractivity contribution in [3.8, 4) is 0 Å². The topological polar surface area (TPSA) is 61.4 Å². The van der Waals surface area contributed by atoms with E-state index in [9.17, 15) is 9.59 Å². The second-order valence-corrected chi connectivity index (χ2v) is 4.57. The molecule has 0 fully saturated rings. The summed E-state index contributed by atoms with van der Waals surface area (Å²) in [6, 6.07) is 0. The van der Waals surface area contributed by atoms with Crippen molar-refractivity contribution in [1.82, 2.24) is 15.5 Å². The molecule has 0 radical (unpaired) electrons. The second-order valence-electron chi connectivity index (χ2n) is 4.57. The highest BCUT2D eigenvalue weighted by Gasteiger charge is 2.21. The van der Waals surface area contributed by atoms with Gasteiger partial charge in [-0.25, -0.2) is 0 Å². The van der Waals surface area contributed by atoms with Gasteiger partial charge in [0.15, 0.2) is 0 Å². The lowest BCUT2D eigenvalue weighted by molar-refractivity contribution is -0.138. The molecule has 0 saturated heterocycles. The molecule has 5 nitrogen and oxygen atoms in total. The molecule has 2 N–H and O–H groups in total. The van der Waals surface area contributed by atoms with Crippen molar-refractivity contribution in [2.45, 2.75) is 33.6 Å². The van der Waals surface area contributed by atoms with E-state index in [0.717, 1.165) is 12.8 Å². The van der Waals surface area contributed by atoms with Gasteiger partial charge >= 0.3 is 0 Å². The Morgan fingerprint density at radius 2 is 1.89 bits per heavy atom. The van der Waals surface area contributed by atoms with E-state index >= 15 is 0 Å². The average molecular weight is 257 g/mol. The van der Waals surface area contributed by atoms with Crippen LogP contribution >= 0.6 is 0 Å². The van der Waals surface area contributed by atoms with Gasteiger partial charge in [-0.3, -0.25) is 9.59 Å². The van der Waals surface area contributed by atoms with Gasteiger partial charge in [0.05, 0.1) is 6.54 Å². The third-order valence-electron chi connectivity index (χ3n) is 2.64.